The Balaban J connectivity index is 2.19. The van der Waals surface area contributed by atoms with Gasteiger partial charge in [0.1, 0.15) is 5.75 Å². The van der Waals surface area contributed by atoms with Gasteiger partial charge in [-0.25, -0.2) is 0 Å². The Morgan fingerprint density at radius 1 is 1.37 bits per heavy atom. The average Bonchev–Trinajstić information content (AvgIpc) is 2.38. The molecule has 0 saturated carbocycles. The summed E-state index contributed by atoms with van der Waals surface area (Å²) in [5.41, 5.74) is 2.21. The number of hydrogen-bond donors (Lipinski definition) is 1. The number of phenols is 1. The molecule has 1 aromatic rings. The van der Waals surface area contributed by atoms with Gasteiger partial charge in [-0.1, -0.05) is 12.1 Å². The highest BCUT2D eigenvalue weighted by Crippen LogP contribution is 2.37. The molecule has 1 atom stereocenters. The van der Waals surface area contributed by atoms with Crippen molar-refractivity contribution in [3.63, 3.8) is 0 Å². The van der Waals surface area contributed by atoms with Crippen molar-refractivity contribution in [2.75, 3.05) is 27.7 Å². The highest BCUT2D eigenvalue weighted by atomic mass is 16.3. The monoisotopic (exact) mass is 262 g/mol. The van der Waals surface area contributed by atoms with Crippen LogP contribution in [0.1, 0.15) is 30.0 Å². The normalized spacial score (nSPS) is 18.2. The first kappa shape index (κ1) is 13.9. The zero-order valence-corrected chi connectivity index (χ0v) is 11.9. The Bertz CT molecular complexity index is 471. The smallest absolute Gasteiger partial charge is 0.236 e. The number of aromatic hydroxyl groups is 1. The van der Waals surface area contributed by atoms with Crippen LogP contribution in [0.4, 0.5) is 0 Å². The molecule has 1 unspecified atom stereocenters. The molecule has 0 spiro atoms. The van der Waals surface area contributed by atoms with Crippen molar-refractivity contribution in [1.29, 1.82) is 0 Å². The molecule has 0 aromatic heterocycles. The van der Waals surface area contributed by atoms with E-state index >= 15 is 0 Å². The number of rotatable bonds is 3. The quantitative estimate of drug-likeness (QED) is 0.903. The predicted molar refractivity (Wildman–Crippen MR) is 75.1 cm³/mol. The Hall–Kier alpha value is -1.55. The van der Waals surface area contributed by atoms with Crippen LogP contribution < -0.4 is 0 Å². The van der Waals surface area contributed by atoms with Crippen LogP contribution in [0.2, 0.25) is 0 Å². The minimum atomic E-state index is 0.106. The lowest BCUT2D eigenvalue weighted by atomic mass is 9.86. The number of amides is 1. The number of hydrogen-bond acceptors (Lipinski definition) is 3. The molecule has 0 saturated heterocycles. The fourth-order valence-electron chi connectivity index (χ4n) is 2.73. The molecule has 0 radical (unpaired) electrons. The Labute approximate surface area is 114 Å². The number of likely N-dealkylation sites (N-methyl/N-ethyl adjacent to an activating group) is 2. The van der Waals surface area contributed by atoms with E-state index < -0.39 is 0 Å². The Morgan fingerprint density at radius 3 is 2.79 bits per heavy atom. The second kappa shape index (κ2) is 5.61. The van der Waals surface area contributed by atoms with Gasteiger partial charge in [-0.05, 0) is 43.5 Å². The fourth-order valence-corrected chi connectivity index (χ4v) is 2.73. The van der Waals surface area contributed by atoms with Gasteiger partial charge in [-0.15, -0.1) is 0 Å². The van der Waals surface area contributed by atoms with E-state index in [0.717, 1.165) is 24.8 Å². The molecule has 0 fully saturated rings. The van der Waals surface area contributed by atoms with Gasteiger partial charge >= 0.3 is 0 Å². The summed E-state index contributed by atoms with van der Waals surface area (Å²) in [4.78, 5) is 15.5. The van der Waals surface area contributed by atoms with E-state index in [4.69, 9.17) is 0 Å². The van der Waals surface area contributed by atoms with Crippen molar-refractivity contribution in [1.82, 2.24) is 9.80 Å². The first-order chi connectivity index (χ1) is 9.00. The number of carbonyl (C=O) groups excluding carboxylic acids is 1. The van der Waals surface area contributed by atoms with Crippen LogP contribution in [0.3, 0.4) is 0 Å². The van der Waals surface area contributed by atoms with E-state index in [0.29, 0.717) is 12.3 Å². The van der Waals surface area contributed by atoms with Crippen molar-refractivity contribution >= 4 is 5.91 Å². The molecular weight excluding hydrogens is 240 g/mol. The van der Waals surface area contributed by atoms with Gasteiger partial charge < -0.3 is 10.0 Å². The van der Waals surface area contributed by atoms with E-state index in [-0.39, 0.29) is 11.9 Å². The lowest BCUT2D eigenvalue weighted by Crippen LogP contribution is -2.37. The van der Waals surface area contributed by atoms with Crippen molar-refractivity contribution in [3.05, 3.63) is 29.3 Å². The van der Waals surface area contributed by atoms with Crippen molar-refractivity contribution < 1.29 is 9.90 Å². The van der Waals surface area contributed by atoms with E-state index in [1.807, 2.05) is 13.1 Å². The maximum Gasteiger partial charge on any atom is 0.236 e. The lowest BCUT2D eigenvalue weighted by molar-refractivity contribution is -0.130. The number of phenolic OH excluding ortho intramolecular Hbond substituents is 1. The van der Waals surface area contributed by atoms with E-state index in [1.165, 1.54) is 5.56 Å². The summed E-state index contributed by atoms with van der Waals surface area (Å²) in [6, 6.07) is 5.91. The Kier molecular flexibility index (Phi) is 4.10. The first-order valence-corrected chi connectivity index (χ1v) is 6.72. The standard InChI is InChI=1S/C15H22N2O2/c1-16(2)15(19)10-17(3)13-8-4-7-12-11(13)6-5-9-14(12)18/h5-6,9,13,18H,4,7-8,10H2,1-3H3. The van der Waals surface area contributed by atoms with E-state index in [9.17, 15) is 9.90 Å². The maximum absolute atomic E-state index is 11.8. The summed E-state index contributed by atoms with van der Waals surface area (Å²) >= 11 is 0. The highest BCUT2D eigenvalue weighted by molar-refractivity contribution is 5.77. The van der Waals surface area contributed by atoms with Crippen molar-refractivity contribution in [2.45, 2.75) is 25.3 Å². The van der Waals surface area contributed by atoms with Gasteiger partial charge in [0.05, 0.1) is 6.54 Å². The zero-order valence-electron chi connectivity index (χ0n) is 11.9. The predicted octanol–water partition coefficient (Wildman–Crippen LogP) is 1.79. The van der Waals surface area contributed by atoms with Crippen LogP contribution in [0.15, 0.2) is 18.2 Å². The first-order valence-electron chi connectivity index (χ1n) is 6.72. The molecule has 1 N–H and O–H groups in total. The lowest BCUT2D eigenvalue weighted by Gasteiger charge is -2.33. The molecule has 0 aliphatic heterocycles. The van der Waals surface area contributed by atoms with Crippen LogP contribution in [0.25, 0.3) is 0 Å². The molecule has 1 aliphatic rings. The van der Waals surface area contributed by atoms with Crippen molar-refractivity contribution in [3.8, 4) is 5.75 Å². The molecule has 104 valence electrons. The maximum atomic E-state index is 11.8. The summed E-state index contributed by atoms with van der Waals surface area (Å²) < 4.78 is 0. The highest BCUT2D eigenvalue weighted by Gasteiger charge is 2.26. The van der Waals surface area contributed by atoms with Crippen molar-refractivity contribution in [2.24, 2.45) is 0 Å². The molecule has 1 amide bonds. The average molecular weight is 262 g/mol. The molecule has 0 heterocycles. The minimum Gasteiger partial charge on any atom is -0.508 e. The summed E-state index contributed by atoms with van der Waals surface area (Å²) in [6.07, 6.45) is 3.01. The number of benzene rings is 1. The summed E-state index contributed by atoms with van der Waals surface area (Å²) in [5.74, 6) is 0.490. The number of fused-ring (bicyclic) bond motifs is 1. The molecular formula is C15H22N2O2. The topological polar surface area (TPSA) is 43.8 Å². The molecule has 0 bridgehead atoms. The SMILES string of the molecule is CN(C)C(=O)CN(C)C1CCCc2c(O)cccc21. The molecule has 1 aliphatic carbocycles. The molecule has 19 heavy (non-hydrogen) atoms. The third kappa shape index (κ3) is 2.89. The largest absolute Gasteiger partial charge is 0.508 e. The third-order valence-corrected chi connectivity index (χ3v) is 3.87. The van der Waals surface area contributed by atoms with E-state index in [2.05, 4.69) is 11.0 Å². The van der Waals surface area contributed by atoms with Gasteiger partial charge in [0.2, 0.25) is 5.91 Å². The van der Waals surface area contributed by atoms with Gasteiger partial charge in [0.15, 0.2) is 0 Å². The zero-order chi connectivity index (χ0) is 14.0. The van der Waals surface area contributed by atoms with Gasteiger partial charge in [0, 0.05) is 20.1 Å². The summed E-state index contributed by atoms with van der Waals surface area (Å²) in [5, 5.41) is 9.93. The molecule has 1 aromatic carbocycles. The van der Waals surface area contributed by atoms with Crippen LogP contribution >= 0.6 is 0 Å². The fraction of sp³-hybridized carbons (Fsp3) is 0.533. The third-order valence-electron chi connectivity index (χ3n) is 3.87. The van der Waals surface area contributed by atoms with Gasteiger partial charge in [-0.2, -0.15) is 0 Å². The second-order valence-electron chi connectivity index (χ2n) is 5.46. The van der Waals surface area contributed by atoms with E-state index in [1.54, 1.807) is 25.1 Å². The summed E-state index contributed by atoms with van der Waals surface area (Å²) in [6.45, 7) is 0.409. The van der Waals surface area contributed by atoms with Gasteiger partial charge in [0.25, 0.3) is 0 Å². The van der Waals surface area contributed by atoms with Crippen LogP contribution in [0.5, 0.6) is 5.75 Å². The van der Waals surface area contributed by atoms with Crippen LogP contribution in [0, 0.1) is 0 Å². The van der Waals surface area contributed by atoms with Gasteiger partial charge in [-0.3, -0.25) is 9.69 Å². The molecule has 2 rings (SSSR count). The van der Waals surface area contributed by atoms with Crippen LogP contribution in [-0.4, -0.2) is 48.5 Å². The second-order valence-corrected chi connectivity index (χ2v) is 5.46. The number of nitrogens with zero attached hydrogens (tertiary/aromatic N) is 2. The van der Waals surface area contributed by atoms with Crippen LogP contribution in [-0.2, 0) is 11.2 Å². The Morgan fingerprint density at radius 2 is 2.11 bits per heavy atom. The summed E-state index contributed by atoms with van der Waals surface area (Å²) in [7, 11) is 5.53. The molecule has 4 heteroatoms. The minimum absolute atomic E-state index is 0.106. The molecule has 4 nitrogen and oxygen atoms in total. The number of carbonyl (C=O) groups is 1.